The van der Waals surface area contributed by atoms with Crippen molar-refractivity contribution < 1.29 is 57.0 Å². The molecule has 2 saturated heterocycles. The lowest BCUT2D eigenvalue weighted by Crippen LogP contribution is -2.65. The van der Waals surface area contributed by atoms with Crippen molar-refractivity contribution in [2.24, 2.45) is 0 Å². The van der Waals surface area contributed by atoms with Crippen LogP contribution in [-0.4, -0.2) is 86.4 Å². The fourth-order valence-electron chi connectivity index (χ4n) is 5.49. The van der Waals surface area contributed by atoms with Gasteiger partial charge >= 0.3 is 17.9 Å². The molecule has 2 aromatic rings. The maximum atomic E-state index is 12.3. The largest absolute Gasteiger partial charge is 0.456 e. The summed E-state index contributed by atoms with van der Waals surface area (Å²) in [4.78, 5) is 36.5. The molecule has 0 aliphatic carbocycles. The molecule has 0 amide bonds. The number of carbonyl (C=O) groups excluding carboxylic acids is 3. The lowest BCUT2D eigenvalue weighted by atomic mass is 9.96. The van der Waals surface area contributed by atoms with Gasteiger partial charge in [-0.2, -0.15) is 0 Å². The van der Waals surface area contributed by atoms with Crippen LogP contribution in [0.2, 0.25) is 0 Å². The van der Waals surface area contributed by atoms with E-state index in [9.17, 15) is 14.4 Å². The van der Waals surface area contributed by atoms with Gasteiger partial charge in [-0.15, -0.1) is 0 Å². The van der Waals surface area contributed by atoms with Gasteiger partial charge in [-0.25, -0.2) is 0 Å². The van der Waals surface area contributed by atoms with Crippen LogP contribution in [0.1, 0.15) is 45.7 Å². The van der Waals surface area contributed by atoms with Gasteiger partial charge in [0.05, 0.1) is 25.4 Å². The number of benzene rings is 2. The predicted molar refractivity (Wildman–Crippen MR) is 157 cm³/mol. The van der Waals surface area contributed by atoms with E-state index in [0.717, 1.165) is 11.1 Å². The number of rotatable bonds is 12. The van der Waals surface area contributed by atoms with Gasteiger partial charge in [0.25, 0.3) is 0 Å². The van der Waals surface area contributed by atoms with Gasteiger partial charge < -0.3 is 42.6 Å². The Bertz CT molecular complexity index is 1240. The Labute approximate surface area is 263 Å². The number of hydrogen-bond acceptors (Lipinski definition) is 12. The highest BCUT2D eigenvalue weighted by Crippen LogP contribution is 2.35. The van der Waals surface area contributed by atoms with Crippen LogP contribution in [0.4, 0.5) is 0 Å². The molecule has 0 spiro atoms. The normalized spacial score (nSPS) is 31.5. The minimum Gasteiger partial charge on any atom is -0.456 e. The van der Waals surface area contributed by atoms with Gasteiger partial charge in [-0.1, -0.05) is 60.7 Å². The van der Waals surface area contributed by atoms with Crippen LogP contribution in [0.3, 0.4) is 0 Å². The number of carbonyl (C=O) groups is 3. The first kappa shape index (κ1) is 34.5. The molecule has 10 atom stereocenters. The van der Waals surface area contributed by atoms with Gasteiger partial charge in [-0.3, -0.25) is 14.4 Å². The number of ether oxygens (including phenoxy) is 9. The van der Waals surface area contributed by atoms with Crippen molar-refractivity contribution in [3.8, 4) is 0 Å². The van der Waals surface area contributed by atoms with Gasteiger partial charge in [0.2, 0.25) is 0 Å². The Morgan fingerprint density at radius 3 is 1.53 bits per heavy atom. The molecule has 12 heteroatoms. The molecular formula is C33H42O12. The number of hydrogen-bond donors (Lipinski definition) is 0. The van der Waals surface area contributed by atoms with Crippen LogP contribution in [0, 0.1) is 0 Å². The molecule has 0 radical (unpaired) electrons. The van der Waals surface area contributed by atoms with E-state index < -0.39 is 79.3 Å². The fraction of sp³-hybridized carbons (Fsp3) is 0.545. The predicted octanol–water partition coefficient (Wildman–Crippen LogP) is 3.47. The topological polar surface area (TPSA) is 134 Å². The van der Waals surface area contributed by atoms with Crippen molar-refractivity contribution in [1.82, 2.24) is 0 Å². The Hall–Kier alpha value is -3.39. The van der Waals surface area contributed by atoms with E-state index in [2.05, 4.69) is 0 Å². The average molecular weight is 631 g/mol. The number of esters is 3. The average Bonchev–Trinajstić information content (AvgIpc) is 3.00. The molecule has 2 fully saturated rings. The van der Waals surface area contributed by atoms with Crippen molar-refractivity contribution in [3.63, 3.8) is 0 Å². The molecule has 2 aliphatic rings. The molecule has 45 heavy (non-hydrogen) atoms. The molecule has 246 valence electrons. The van der Waals surface area contributed by atoms with Crippen molar-refractivity contribution >= 4 is 17.9 Å². The molecule has 0 unspecified atom stereocenters. The maximum absolute atomic E-state index is 12.3. The zero-order valence-corrected chi connectivity index (χ0v) is 26.4. The van der Waals surface area contributed by atoms with E-state index in [1.807, 2.05) is 67.6 Å². The minimum absolute atomic E-state index is 0.203. The van der Waals surface area contributed by atoms with Gasteiger partial charge in [0.15, 0.2) is 30.9 Å². The Balaban J connectivity index is 1.70. The first-order chi connectivity index (χ1) is 21.6. The van der Waals surface area contributed by atoms with Gasteiger partial charge in [-0.05, 0) is 25.0 Å². The molecular weight excluding hydrogens is 588 g/mol. The number of methoxy groups -OCH3 is 1. The monoisotopic (exact) mass is 630 g/mol. The van der Waals surface area contributed by atoms with Gasteiger partial charge in [0.1, 0.15) is 18.3 Å². The fourth-order valence-corrected chi connectivity index (χ4v) is 5.49. The van der Waals surface area contributed by atoms with Gasteiger partial charge in [0, 0.05) is 27.9 Å². The molecule has 0 N–H and O–H groups in total. The third kappa shape index (κ3) is 9.32. The standard InChI is InChI=1S/C33H42O12/c1-19-26(38-17-24-13-9-7-10-14-24)28(30(32(37-6)40-19)39-18-25-15-11-8-12-16-25)45-33-31(44-23(5)36)29(43-22(4)35)27(20(2)41-33)42-21(3)34/h7-16,19-20,26-33H,17-18H2,1-6H3/t19-,20+,26+,27+,28+,29-,30-,31-,32-,33+/m1/s1. The first-order valence-electron chi connectivity index (χ1n) is 14.9. The second-order valence-electron chi connectivity index (χ2n) is 11.0. The third-order valence-corrected chi connectivity index (χ3v) is 7.45. The van der Waals surface area contributed by atoms with E-state index in [1.165, 1.54) is 27.9 Å². The van der Waals surface area contributed by atoms with Crippen LogP contribution in [0.5, 0.6) is 0 Å². The molecule has 4 rings (SSSR count). The van der Waals surface area contributed by atoms with E-state index in [1.54, 1.807) is 6.92 Å². The summed E-state index contributed by atoms with van der Waals surface area (Å²) < 4.78 is 54.2. The molecule has 2 heterocycles. The van der Waals surface area contributed by atoms with E-state index in [-0.39, 0.29) is 13.2 Å². The second kappa shape index (κ2) is 16.3. The zero-order valence-electron chi connectivity index (χ0n) is 26.4. The summed E-state index contributed by atoms with van der Waals surface area (Å²) in [6.07, 6.45) is -9.59. The molecule has 2 aliphatic heterocycles. The van der Waals surface area contributed by atoms with Crippen LogP contribution in [0.25, 0.3) is 0 Å². The first-order valence-corrected chi connectivity index (χ1v) is 14.9. The summed E-state index contributed by atoms with van der Waals surface area (Å²) in [5.41, 5.74) is 1.84. The van der Waals surface area contributed by atoms with Crippen molar-refractivity contribution in [2.45, 2.75) is 109 Å². The van der Waals surface area contributed by atoms with Crippen LogP contribution in [-0.2, 0) is 70.2 Å². The summed E-state index contributed by atoms with van der Waals surface area (Å²) in [7, 11) is 1.50. The highest BCUT2D eigenvalue weighted by Gasteiger charge is 2.55. The van der Waals surface area contributed by atoms with Crippen molar-refractivity contribution in [1.29, 1.82) is 0 Å². The molecule has 2 aromatic carbocycles. The summed E-state index contributed by atoms with van der Waals surface area (Å²) in [6, 6.07) is 19.2. The summed E-state index contributed by atoms with van der Waals surface area (Å²) in [5, 5.41) is 0. The Morgan fingerprint density at radius 2 is 1.02 bits per heavy atom. The highest BCUT2D eigenvalue weighted by atomic mass is 16.8. The van der Waals surface area contributed by atoms with Crippen molar-refractivity contribution in [2.75, 3.05) is 7.11 Å². The quantitative estimate of drug-likeness (QED) is 0.251. The van der Waals surface area contributed by atoms with Crippen LogP contribution in [0.15, 0.2) is 60.7 Å². The zero-order chi connectivity index (χ0) is 32.5. The van der Waals surface area contributed by atoms with E-state index in [0.29, 0.717) is 0 Å². The third-order valence-electron chi connectivity index (χ3n) is 7.45. The molecule has 12 nitrogen and oxygen atoms in total. The highest BCUT2D eigenvalue weighted by molar-refractivity contribution is 5.68. The van der Waals surface area contributed by atoms with Crippen LogP contribution >= 0.6 is 0 Å². The van der Waals surface area contributed by atoms with Crippen LogP contribution < -0.4 is 0 Å². The van der Waals surface area contributed by atoms with Crippen molar-refractivity contribution in [3.05, 3.63) is 71.8 Å². The Kier molecular flexibility index (Phi) is 12.5. The minimum atomic E-state index is -1.31. The maximum Gasteiger partial charge on any atom is 0.303 e. The Morgan fingerprint density at radius 1 is 0.578 bits per heavy atom. The summed E-state index contributed by atoms with van der Waals surface area (Å²) in [5.74, 6) is -1.98. The molecule has 0 bridgehead atoms. The van der Waals surface area contributed by atoms with E-state index in [4.69, 9.17) is 42.6 Å². The molecule has 0 aromatic heterocycles. The lowest BCUT2D eigenvalue weighted by molar-refractivity contribution is -0.362. The summed E-state index contributed by atoms with van der Waals surface area (Å²) >= 11 is 0. The smallest absolute Gasteiger partial charge is 0.303 e. The van der Waals surface area contributed by atoms with E-state index >= 15 is 0 Å². The lowest BCUT2D eigenvalue weighted by Gasteiger charge is -2.48. The SMILES string of the molecule is CO[C@@H]1O[C@H](C)[C@H](OCc2ccccc2)[C@H](O[C@@H]2O[C@@H](C)[C@H](OC(C)=O)[C@@H](OC(C)=O)[C@H]2OC(C)=O)[C@H]1OCc1ccccc1. The molecule has 0 saturated carbocycles. The second-order valence-corrected chi connectivity index (χ2v) is 11.0. The summed E-state index contributed by atoms with van der Waals surface area (Å²) in [6.45, 7) is 7.54.